The molecule has 4 rings (SSSR count). The highest BCUT2D eigenvalue weighted by Gasteiger charge is 2.16. The number of aromatic nitrogens is 1. The summed E-state index contributed by atoms with van der Waals surface area (Å²) >= 11 is 1.37. The van der Waals surface area contributed by atoms with Gasteiger partial charge in [0.2, 0.25) is 5.91 Å². The van der Waals surface area contributed by atoms with Crippen molar-refractivity contribution in [3.63, 3.8) is 0 Å². The van der Waals surface area contributed by atoms with Gasteiger partial charge in [-0.2, -0.15) is 0 Å². The molecule has 2 heterocycles. The number of nitrogens with one attached hydrogen (secondary N) is 1. The summed E-state index contributed by atoms with van der Waals surface area (Å²) in [4.78, 5) is 16.5. The van der Waals surface area contributed by atoms with E-state index in [1.807, 2.05) is 12.1 Å². The summed E-state index contributed by atoms with van der Waals surface area (Å²) in [6, 6.07) is 9.55. The molecule has 1 aliphatic heterocycles. The van der Waals surface area contributed by atoms with Crippen LogP contribution < -0.4 is 14.8 Å². The summed E-state index contributed by atoms with van der Waals surface area (Å²) < 4.78 is 24.9. The van der Waals surface area contributed by atoms with Crippen LogP contribution in [0.3, 0.4) is 0 Å². The number of halogens is 1. The highest BCUT2D eigenvalue weighted by molar-refractivity contribution is 7.22. The van der Waals surface area contributed by atoms with E-state index in [1.165, 1.54) is 23.5 Å². The van der Waals surface area contributed by atoms with E-state index < -0.39 is 0 Å². The quantitative estimate of drug-likeness (QED) is 0.791. The Morgan fingerprint density at radius 2 is 1.88 bits per heavy atom. The maximum Gasteiger partial charge on any atom is 0.230 e. The fourth-order valence-electron chi connectivity index (χ4n) is 2.47. The van der Waals surface area contributed by atoms with Crippen LogP contribution in [0.5, 0.6) is 11.5 Å². The first-order chi connectivity index (χ1) is 11.7. The second-order valence-electron chi connectivity index (χ2n) is 5.33. The summed E-state index contributed by atoms with van der Waals surface area (Å²) in [6.45, 7) is 1.04. The monoisotopic (exact) mass is 344 g/mol. The lowest BCUT2D eigenvalue weighted by Crippen LogP contribution is -2.15. The van der Waals surface area contributed by atoms with Crippen molar-refractivity contribution < 1.29 is 18.7 Å². The van der Waals surface area contributed by atoms with Gasteiger partial charge in [-0.1, -0.05) is 23.5 Å². The Hall–Kier alpha value is -2.67. The van der Waals surface area contributed by atoms with Crippen molar-refractivity contribution in [3.8, 4) is 11.5 Å². The van der Waals surface area contributed by atoms with Gasteiger partial charge in [0.15, 0.2) is 16.6 Å². The smallest absolute Gasteiger partial charge is 0.230 e. The lowest BCUT2D eigenvalue weighted by Gasteiger charge is -2.17. The predicted molar refractivity (Wildman–Crippen MR) is 89.3 cm³/mol. The van der Waals surface area contributed by atoms with Crippen molar-refractivity contribution >= 4 is 32.6 Å². The normalized spacial score (nSPS) is 13.0. The third-order valence-corrected chi connectivity index (χ3v) is 4.51. The fourth-order valence-corrected chi connectivity index (χ4v) is 3.36. The Morgan fingerprint density at radius 3 is 2.62 bits per heavy atom. The van der Waals surface area contributed by atoms with E-state index in [0.29, 0.717) is 29.8 Å². The number of ether oxygens (including phenoxy) is 2. The number of fused-ring (bicyclic) bond motifs is 2. The first-order valence-electron chi connectivity index (χ1n) is 7.42. The van der Waals surface area contributed by atoms with Gasteiger partial charge >= 0.3 is 0 Å². The molecule has 1 aromatic heterocycles. The Morgan fingerprint density at radius 1 is 1.17 bits per heavy atom. The van der Waals surface area contributed by atoms with Gasteiger partial charge < -0.3 is 14.8 Å². The van der Waals surface area contributed by atoms with Crippen LogP contribution in [-0.2, 0) is 11.2 Å². The molecule has 1 aliphatic rings. The minimum Gasteiger partial charge on any atom is -0.486 e. The van der Waals surface area contributed by atoms with E-state index in [4.69, 9.17) is 9.47 Å². The second-order valence-corrected chi connectivity index (χ2v) is 6.36. The average Bonchev–Trinajstić information content (AvgIpc) is 2.95. The van der Waals surface area contributed by atoms with Gasteiger partial charge in [0.25, 0.3) is 0 Å². The lowest BCUT2D eigenvalue weighted by molar-refractivity contribution is -0.115. The van der Waals surface area contributed by atoms with Crippen molar-refractivity contribution in [2.24, 2.45) is 0 Å². The van der Waals surface area contributed by atoms with E-state index >= 15 is 0 Å². The summed E-state index contributed by atoms with van der Waals surface area (Å²) in [6.07, 6.45) is 0.166. The Kier molecular flexibility index (Phi) is 3.78. The van der Waals surface area contributed by atoms with Gasteiger partial charge in [0.05, 0.1) is 16.6 Å². The highest BCUT2D eigenvalue weighted by Crippen LogP contribution is 2.37. The maximum absolute atomic E-state index is 12.9. The van der Waals surface area contributed by atoms with Crippen molar-refractivity contribution in [1.29, 1.82) is 0 Å². The summed E-state index contributed by atoms with van der Waals surface area (Å²) in [5.41, 5.74) is 1.49. The van der Waals surface area contributed by atoms with E-state index in [9.17, 15) is 9.18 Å². The van der Waals surface area contributed by atoms with Crippen LogP contribution in [0.25, 0.3) is 10.2 Å². The molecule has 0 saturated carbocycles. The summed E-state index contributed by atoms with van der Waals surface area (Å²) in [5, 5.41) is 3.29. The molecule has 0 radical (unpaired) electrons. The molecular weight excluding hydrogens is 331 g/mol. The molecule has 24 heavy (non-hydrogen) atoms. The largest absolute Gasteiger partial charge is 0.486 e. The zero-order valence-electron chi connectivity index (χ0n) is 12.5. The SMILES string of the molecule is O=C(Cc1ccc(F)cc1)Nc1nc2cc3c(cc2s1)OCCO3. The van der Waals surface area contributed by atoms with E-state index in [-0.39, 0.29) is 18.1 Å². The number of hydrogen-bond acceptors (Lipinski definition) is 5. The number of benzene rings is 2. The number of carbonyl (C=O) groups is 1. The highest BCUT2D eigenvalue weighted by atomic mass is 32.1. The molecule has 3 aromatic rings. The van der Waals surface area contributed by atoms with Gasteiger partial charge in [-0.15, -0.1) is 0 Å². The zero-order chi connectivity index (χ0) is 16.5. The number of amides is 1. The Balaban J connectivity index is 1.51. The van der Waals surface area contributed by atoms with Gasteiger partial charge in [-0.3, -0.25) is 4.79 Å². The van der Waals surface area contributed by atoms with Gasteiger partial charge in [-0.25, -0.2) is 9.37 Å². The zero-order valence-corrected chi connectivity index (χ0v) is 13.4. The number of carbonyl (C=O) groups excluding carboxylic acids is 1. The number of thiazole rings is 1. The molecule has 2 aromatic carbocycles. The van der Waals surface area contributed by atoms with Gasteiger partial charge in [-0.05, 0) is 17.7 Å². The fraction of sp³-hybridized carbons (Fsp3) is 0.176. The maximum atomic E-state index is 12.9. The predicted octanol–water partition coefficient (Wildman–Crippen LogP) is 3.39. The molecule has 1 N–H and O–H groups in total. The molecule has 0 bridgehead atoms. The standard InChI is InChI=1S/C17H13FN2O3S/c18-11-3-1-10(2-4-11)7-16(21)20-17-19-12-8-13-14(9-15(12)24-17)23-6-5-22-13/h1-4,8-9H,5-7H2,(H,19,20,21). The van der Waals surface area contributed by atoms with Gasteiger partial charge in [0, 0.05) is 12.1 Å². The van der Waals surface area contributed by atoms with Gasteiger partial charge in [0.1, 0.15) is 19.0 Å². The van der Waals surface area contributed by atoms with Crippen LogP contribution in [0, 0.1) is 5.82 Å². The van der Waals surface area contributed by atoms with Crippen molar-refractivity contribution in [2.45, 2.75) is 6.42 Å². The minimum atomic E-state index is -0.321. The van der Waals surface area contributed by atoms with Crippen molar-refractivity contribution in [3.05, 3.63) is 47.8 Å². The molecule has 0 spiro atoms. The van der Waals surface area contributed by atoms with Crippen LogP contribution in [0.4, 0.5) is 9.52 Å². The third-order valence-electron chi connectivity index (χ3n) is 3.58. The number of hydrogen-bond donors (Lipinski definition) is 1. The molecular formula is C17H13FN2O3S. The molecule has 0 aliphatic carbocycles. The molecule has 7 heteroatoms. The first-order valence-corrected chi connectivity index (χ1v) is 8.23. The molecule has 5 nitrogen and oxygen atoms in total. The van der Waals surface area contributed by atoms with E-state index in [2.05, 4.69) is 10.3 Å². The number of nitrogens with zero attached hydrogens (tertiary/aromatic N) is 1. The molecule has 0 atom stereocenters. The van der Waals surface area contributed by atoms with Crippen LogP contribution in [-0.4, -0.2) is 24.1 Å². The van der Waals surface area contributed by atoms with Crippen LogP contribution in [0.15, 0.2) is 36.4 Å². The van der Waals surface area contributed by atoms with E-state index in [1.54, 1.807) is 12.1 Å². The molecule has 0 saturated heterocycles. The summed E-state index contributed by atoms with van der Waals surface area (Å²) in [7, 11) is 0. The van der Waals surface area contributed by atoms with Crippen LogP contribution >= 0.6 is 11.3 Å². The van der Waals surface area contributed by atoms with E-state index in [0.717, 1.165) is 15.8 Å². The Labute approximate surface area is 141 Å². The summed E-state index contributed by atoms with van der Waals surface area (Å²) in [5.74, 6) is 0.849. The third kappa shape index (κ3) is 3.03. The first kappa shape index (κ1) is 14.9. The molecule has 0 unspecified atom stereocenters. The van der Waals surface area contributed by atoms with Crippen LogP contribution in [0.1, 0.15) is 5.56 Å². The Bertz CT molecular complexity index is 865. The molecule has 0 fully saturated rings. The second kappa shape index (κ2) is 6.09. The lowest BCUT2D eigenvalue weighted by atomic mass is 10.1. The molecule has 122 valence electrons. The minimum absolute atomic E-state index is 0.166. The van der Waals surface area contributed by atoms with Crippen LogP contribution in [0.2, 0.25) is 0 Å². The molecule has 1 amide bonds. The average molecular weight is 344 g/mol. The number of rotatable bonds is 3. The van der Waals surface area contributed by atoms with Crippen molar-refractivity contribution in [1.82, 2.24) is 4.98 Å². The topological polar surface area (TPSA) is 60.5 Å². The van der Waals surface area contributed by atoms with Crippen molar-refractivity contribution in [2.75, 3.05) is 18.5 Å². The number of anilines is 1.